The first-order valence-electron chi connectivity index (χ1n) is 12.0. The molecule has 2 atom stereocenters. The summed E-state index contributed by atoms with van der Waals surface area (Å²) >= 11 is 1.37. The van der Waals surface area contributed by atoms with Crippen LogP contribution in [0, 0.1) is 13.8 Å². The molecule has 5 rings (SSSR count). The number of thioether (sulfide) groups is 1. The van der Waals surface area contributed by atoms with Crippen LogP contribution in [0.5, 0.6) is 0 Å². The van der Waals surface area contributed by atoms with Crippen molar-refractivity contribution in [1.29, 1.82) is 0 Å². The fourth-order valence-corrected chi connectivity index (χ4v) is 5.64. The van der Waals surface area contributed by atoms with E-state index in [0.717, 1.165) is 52.7 Å². The number of anilines is 1. The second-order valence-corrected chi connectivity index (χ2v) is 10.4. The van der Waals surface area contributed by atoms with Crippen LogP contribution in [0.25, 0.3) is 10.8 Å². The van der Waals surface area contributed by atoms with E-state index in [4.69, 9.17) is 9.73 Å². The Kier molecular flexibility index (Phi) is 6.88. The summed E-state index contributed by atoms with van der Waals surface area (Å²) < 4.78 is 5.80. The van der Waals surface area contributed by atoms with Gasteiger partial charge in [0.2, 0.25) is 11.8 Å². The van der Waals surface area contributed by atoms with E-state index in [1.54, 1.807) is 4.90 Å². The van der Waals surface area contributed by atoms with Crippen LogP contribution in [0.2, 0.25) is 0 Å². The van der Waals surface area contributed by atoms with Crippen LogP contribution in [-0.4, -0.2) is 46.4 Å². The van der Waals surface area contributed by atoms with Crippen molar-refractivity contribution in [2.75, 3.05) is 18.5 Å². The number of benzene rings is 3. The van der Waals surface area contributed by atoms with Crippen molar-refractivity contribution < 1.29 is 14.3 Å². The molecule has 1 N–H and O–H groups in total. The predicted octanol–water partition coefficient (Wildman–Crippen LogP) is 5.60. The van der Waals surface area contributed by atoms with Crippen molar-refractivity contribution >= 4 is 50.9 Å². The zero-order chi connectivity index (χ0) is 24.4. The first-order valence-corrected chi connectivity index (χ1v) is 12.9. The van der Waals surface area contributed by atoms with Crippen molar-refractivity contribution in [2.24, 2.45) is 4.99 Å². The Hall–Kier alpha value is -3.16. The number of amidine groups is 1. The maximum Gasteiger partial charge on any atom is 0.242 e. The number of hydrogen-bond acceptors (Lipinski definition) is 5. The number of aliphatic imine (C=N–C) groups is 1. The van der Waals surface area contributed by atoms with Gasteiger partial charge in [0.15, 0.2) is 5.17 Å². The van der Waals surface area contributed by atoms with Gasteiger partial charge in [0.05, 0.1) is 18.3 Å². The lowest BCUT2D eigenvalue weighted by molar-refractivity contribution is -0.129. The summed E-state index contributed by atoms with van der Waals surface area (Å²) in [4.78, 5) is 32.9. The fraction of sp³-hybridized carbons (Fsp3) is 0.321. The molecule has 0 radical (unpaired) electrons. The van der Waals surface area contributed by atoms with Gasteiger partial charge in [0.25, 0.3) is 0 Å². The number of nitrogens with zero attached hydrogens (tertiary/aromatic N) is 2. The van der Waals surface area contributed by atoms with Gasteiger partial charge in [-0.3, -0.25) is 14.5 Å². The van der Waals surface area contributed by atoms with E-state index in [9.17, 15) is 9.59 Å². The molecular weight excluding hydrogens is 458 g/mol. The average molecular weight is 488 g/mol. The molecule has 0 spiro atoms. The number of carbonyl (C=O) groups is 2. The molecule has 3 aromatic rings. The standard InChI is InChI=1S/C28H29N3O3S/c1-18-9-10-19(2)24(14-18)30-28-31(17-23-8-5-13-34-23)27(33)25(35-28)16-26(32)29-22-12-11-20-6-3-4-7-21(20)15-22/h3-4,6-7,9-12,14-15,23,25H,5,8,13,16-17H2,1-2H3,(H,29,32). The van der Waals surface area contributed by atoms with Gasteiger partial charge in [-0.1, -0.05) is 54.2 Å². The topological polar surface area (TPSA) is 71.0 Å². The molecule has 2 amide bonds. The summed E-state index contributed by atoms with van der Waals surface area (Å²) in [7, 11) is 0. The number of hydrogen-bond donors (Lipinski definition) is 1. The number of amides is 2. The van der Waals surface area contributed by atoms with E-state index in [-0.39, 0.29) is 24.3 Å². The first-order chi connectivity index (χ1) is 17.0. The first kappa shape index (κ1) is 23.6. The number of carbonyl (C=O) groups excluding carboxylic acids is 2. The van der Waals surface area contributed by atoms with Crippen molar-refractivity contribution in [2.45, 2.75) is 44.5 Å². The normalized spacial score (nSPS) is 21.3. The van der Waals surface area contributed by atoms with E-state index >= 15 is 0 Å². The molecule has 7 heteroatoms. The number of aryl methyl sites for hydroxylation is 2. The van der Waals surface area contributed by atoms with Gasteiger partial charge in [0.1, 0.15) is 5.25 Å². The lowest BCUT2D eigenvalue weighted by Crippen LogP contribution is -2.38. The van der Waals surface area contributed by atoms with E-state index in [0.29, 0.717) is 11.7 Å². The SMILES string of the molecule is Cc1ccc(C)c(N=C2SC(CC(=O)Nc3ccc4ccccc4c3)C(=O)N2CC2CCCO2)c1. The van der Waals surface area contributed by atoms with Crippen LogP contribution in [0.1, 0.15) is 30.4 Å². The molecule has 2 unspecified atom stereocenters. The molecule has 2 fully saturated rings. The van der Waals surface area contributed by atoms with Gasteiger partial charge in [-0.25, -0.2) is 4.99 Å². The second kappa shape index (κ2) is 10.2. The highest BCUT2D eigenvalue weighted by Crippen LogP contribution is 2.34. The van der Waals surface area contributed by atoms with Gasteiger partial charge in [-0.2, -0.15) is 0 Å². The molecule has 2 saturated heterocycles. The molecule has 35 heavy (non-hydrogen) atoms. The van der Waals surface area contributed by atoms with E-state index in [1.165, 1.54) is 11.8 Å². The summed E-state index contributed by atoms with van der Waals surface area (Å²) in [5.41, 5.74) is 3.73. The molecule has 2 aliphatic rings. The zero-order valence-electron chi connectivity index (χ0n) is 20.0. The van der Waals surface area contributed by atoms with Gasteiger partial charge in [0, 0.05) is 18.7 Å². The zero-order valence-corrected chi connectivity index (χ0v) is 20.8. The third kappa shape index (κ3) is 5.41. The predicted molar refractivity (Wildman–Crippen MR) is 142 cm³/mol. The van der Waals surface area contributed by atoms with Crippen LogP contribution < -0.4 is 5.32 Å². The lowest BCUT2D eigenvalue weighted by atomic mass is 10.1. The van der Waals surface area contributed by atoms with Crippen molar-refractivity contribution in [3.63, 3.8) is 0 Å². The fourth-order valence-electron chi connectivity index (χ4n) is 4.48. The maximum atomic E-state index is 13.4. The summed E-state index contributed by atoms with van der Waals surface area (Å²) in [6.07, 6.45) is 2.03. The number of nitrogens with one attached hydrogen (secondary N) is 1. The number of fused-ring (bicyclic) bond motifs is 1. The highest BCUT2D eigenvalue weighted by atomic mass is 32.2. The van der Waals surface area contributed by atoms with Crippen LogP contribution in [0.3, 0.4) is 0 Å². The Morgan fingerprint density at radius 1 is 1.11 bits per heavy atom. The Balaban J connectivity index is 1.34. The minimum absolute atomic E-state index is 0.00790. The Morgan fingerprint density at radius 3 is 2.74 bits per heavy atom. The molecule has 2 aliphatic heterocycles. The smallest absolute Gasteiger partial charge is 0.242 e. The Morgan fingerprint density at radius 2 is 1.94 bits per heavy atom. The minimum Gasteiger partial charge on any atom is -0.376 e. The molecule has 180 valence electrons. The number of ether oxygens (including phenoxy) is 1. The Labute approximate surface area is 209 Å². The molecular formula is C28H29N3O3S. The van der Waals surface area contributed by atoms with Crippen LogP contribution in [0.4, 0.5) is 11.4 Å². The van der Waals surface area contributed by atoms with Crippen LogP contribution in [0.15, 0.2) is 65.7 Å². The largest absolute Gasteiger partial charge is 0.376 e. The molecule has 6 nitrogen and oxygen atoms in total. The van der Waals surface area contributed by atoms with Crippen molar-refractivity contribution in [3.05, 3.63) is 71.8 Å². The summed E-state index contributed by atoms with van der Waals surface area (Å²) in [5, 5.41) is 5.26. The molecule has 0 saturated carbocycles. The third-order valence-corrected chi connectivity index (χ3v) is 7.59. The highest BCUT2D eigenvalue weighted by Gasteiger charge is 2.40. The lowest BCUT2D eigenvalue weighted by Gasteiger charge is -2.20. The third-order valence-electron chi connectivity index (χ3n) is 6.41. The van der Waals surface area contributed by atoms with Crippen molar-refractivity contribution in [3.8, 4) is 0 Å². The summed E-state index contributed by atoms with van der Waals surface area (Å²) in [6.45, 7) is 5.23. The van der Waals surface area contributed by atoms with Gasteiger partial charge in [-0.15, -0.1) is 0 Å². The summed E-state index contributed by atoms with van der Waals surface area (Å²) in [5.74, 6) is -0.264. The number of rotatable bonds is 6. The summed E-state index contributed by atoms with van der Waals surface area (Å²) in [6, 6.07) is 20.0. The van der Waals surface area contributed by atoms with E-state index in [1.807, 2.05) is 68.4 Å². The average Bonchev–Trinajstić information content (AvgIpc) is 3.46. The Bertz CT molecular complexity index is 1300. The second-order valence-electron chi connectivity index (χ2n) is 9.19. The van der Waals surface area contributed by atoms with Crippen LogP contribution in [-0.2, 0) is 14.3 Å². The molecule has 3 aromatic carbocycles. The van der Waals surface area contributed by atoms with Gasteiger partial charge < -0.3 is 10.1 Å². The van der Waals surface area contributed by atoms with Gasteiger partial charge >= 0.3 is 0 Å². The molecule has 2 heterocycles. The van der Waals surface area contributed by atoms with Crippen LogP contribution >= 0.6 is 11.8 Å². The van der Waals surface area contributed by atoms with E-state index < -0.39 is 5.25 Å². The monoisotopic (exact) mass is 487 g/mol. The molecule has 0 bridgehead atoms. The van der Waals surface area contributed by atoms with Gasteiger partial charge in [-0.05, 0) is 66.8 Å². The molecule has 0 aromatic heterocycles. The van der Waals surface area contributed by atoms with E-state index in [2.05, 4.69) is 11.4 Å². The quantitative estimate of drug-likeness (QED) is 0.492. The molecule has 0 aliphatic carbocycles. The minimum atomic E-state index is -0.513. The maximum absolute atomic E-state index is 13.4. The van der Waals surface area contributed by atoms with Crippen molar-refractivity contribution in [1.82, 2.24) is 4.90 Å². The highest BCUT2D eigenvalue weighted by molar-refractivity contribution is 8.15.